The third-order valence-electron chi connectivity index (χ3n) is 3.99. The molecule has 164 valence electrons. The van der Waals surface area contributed by atoms with Crippen molar-refractivity contribution in [3.05, 3.63) is 83.0 Å². The highest BCUT2D eigenvalue weighted by Crippen LogP contribution is 2.41. The van der Waals surface area contributed by atoms with Gasteiger partial charge in [0.05, 0.1) is 29.8 Å². The van der Waals surface area contributed by atoms with E-state index < -0.39 is 9.85 Å². The summed E-state index contributed by atoms with van der Waals surface area (Å²) in [6.07, 6.45) is 0. The molecule has 32 heavy (non-hydrogen) atoms. The molecule has 1 aromatic heterocycles. The fourth-order valence-corrected chi connectivity index (χ4v) is 8.29. The molecule has 0 aliphatic carbocycles. The summed E-state index contributed by atoms with van der Waals surface area (Å²) in [5.41, 5.74) is 0.594. The van der Waals surface area contributed by atoms with E-state index in [1.54, 1.807) is 0 Å². The second-order valence-electron chi connectivity index (χ2n) is 6.06. The lowest BCUT2D eigenvalue weighted by Crippen LogP contribution is -2.03. The largest absolute Gasteiger partial charge is 0.293 e. The van der Waals surface area contributed by atoms with Gasteiger partial charge in [-0.1, -0.05) is 12.2 Å². The number of ketones is 2. The van der Waals surface area contributed by atoms with Crippen molar-refractivity contribution in [2.24, 2.45) is 0 Å². The molecule has 0 N–H and O–H groups in total. The molecule has 3 rings (SSSR count). The predicted octanol–water partition coefficient (Wildman–Crippen LogP) is 6.31. The minimum absolute atomic E-state index is 0.0821. The molecule has 0 aliphatic rings. The van der Waals surface area contributed by atoms with Crippen LogP contribution >= 0.6 is 58.4 Å². The van der Waals surface area contributed by atoms with E-state index in [0.29, 0.717) is 14.3 Å². The van der Waals surface area contributed by atoms with Crippen molar-refractivity contribution < 1.29 is 19.4 Å². The van der Waals surface area contributed by atoms with Crippen molar-refractivity contribution in [3.8, 4) is 0 Å². The van der Waals surface area contributed by atoms with Gasteiger partial charge in [0.2, 0.25) is 0 Å². The van der Waals surface area contributed by atoms with Crippen LogP contribution in [0.15, 0.2) is 56.9 Å². The van der Waals surface area contributed by atoms with Crippen molar-refractivity contribution >= 4 is 81.4 Å². The van der Waals surface area contributed by atoms with Gasteiger partial charge in [0.1, 0.15) is 3.14 Å². The predicted molar refractivity (Wildman–Crippen MR) is 129 cm³/mol. The standard InChI is InChI=1S/C19H12N2O6S5/c22-15(11-1-5-13(6-2-11)20(24)25)9-29-17-18(32-19(28)31-17)30-10-16(23)12-3-7-14(8-4-12)21(26)27/h1-8H,9-10H2. The molecule has 0 aliphatic heterocycles. The van der Waals surface area contributed by atoms with Gasteiger partial charge in [0.15, 0.2) is 11.6 Å². The van der Waals surface area contributed by atoms with Gasteiger partial charge in [-0.3, -0.25) is 29.8 Å². The van der Waals surface area contributed by atoms with E-state index in [2.05, 4.69) is 0 Å². The maximum Gasteiger partial charge on any atom is 0.269 e. The Bertz CT molecular complexity index is 1140. The summed E-state index contributed by atoms with van der Waals surface area (Å²) in [4.78, 5) is 45.3. The Morgan fingerprint density at radius 1 is 0.750 bits per heavy atom. The van der Waals surface area contributed by atoms with E-state index in [0.717, 1.165) is 8.42 Å². The molecular formula is C19H12N2O6S5. The monoisotopic (exact) mass is 524 g/mol. The second kappa shape index (κ2) is 10.9. The fraction of sp³-hybridized carbons (Fsp3) is 0.105. The van der Waals surface area contributed by atoms with E-state index in [1.165, 1.54) is 94.7 Å². The molecule has 0 atom stereocenters. The molecule has 0 saturated carbocycles. The van der Waals surface area contributed by atoms with Crippen LogP contribution in [0.3, 0.4) is 0 Å². The Kier molecular flexibility index (Phi) is 8.26. The minimum Gasteiger partial charge on any atom is -0.293 e. The Hall–Kier alpha value is -2.45. The lowest BCUT2D eigenvalue weighted by atomic mass is 10.1. The summed E-state index contributed by atoms with van der Waals surface area (Å²) in [7, 11) is 0. The van der Waals surface area contributed by atoms with Crippen LogP contribution in [0.1, 0.15) is 20.7 Å². The number of nitrogens with zero attached hydrogens (tertiary/aromatic N) is 2. The van der Waals surface area contributed by atoms with Gasteiger partial charge in [0.25, 0.3) is 11.4 Å². The third-order valence-corrected chi connectivity index (χ3v) is 9.57. The molecule has 13 heteroatoms. The molecule has 0 fully saturated rings. The van der Waals surface area contributed by atoms with Gasteiger partial charge >= 0.3 is 0 Å². The number of nitro groups is 2. The Labute approximate surface area is 203 Å². The highest BCUT2D eigenvalue weighted by molar-refractivity contribution is 8.05. The maximum absolute atomic E-state index is 12.4. The van der Waals surface area contributed by atoms with Crippen molar-refractivity contribution in [2.45, 2.75) is 8.42 Å². The molecule has 0 spiro atoms. The first-order valence-corrected chi connectivity index (χ1v) is 12.7. The molecule has 3 aromatic rings. The van der Waals surface area contributed by atoms with Crippen LogP contribution in [0.4, 0.5) is 11.4 Å². The van der Waals surface area contributed by atoms with E-state index in [-0.39, 0.29) is 34.4 Å². The summed E-state index contributed by atoms with van der Waals surface area (Å²) >= 11 is 10.6. The van der Waals surface area contributed by atoms with Gasteiger partial charge in [-0.15, -0.1) is 46.2 Å². The zero-order valence-electron chi connectivity index (χ0n) is 15.9. The number of Topliss-reactive ketones (excluding diaryl/α,β-unsaturated/α-hetero) is 2. The van der Waals surface area contributed by atoms with Crippen LogP contribution in [-0.2, 0) is 0 Å². The highest BCUT2D eigenvalue weighted by atomic mass is 32.2. The summed E-state index contributed by atoms with van der Waals surface area (Å²) in [5.74, 6) is -0.0906. The molecule has 0 saturated heterocycles. The molecular weight excluding hydrogens is 513 g/mol. The molecule has 0 bridgehead atoms. The van der Waals surface area contributed by atoms with Crippen LogP contribution in [0.5, 0.6) is 0 Å². The van der Waals surface area contributed by atoms with Crippen molar-refractivity contribution in [1.82, 2.24) is 0 Å². The smallest absolute Gasteiger partial charge is 0.269 e. The average Bonchev–Trinajstić information content (AvgIpc) is 3.15. The zero-order chi connectivity index (χ0) is 23.3. The number of thioether (sulfide) groups is 2. The number of hydrogen-bond donors (Lipinski definition) is 0. The van der Waals surface area contributed by atoms with Crippen LogP contribution in [0.2, 0.25) is 0 Å². The third kappa shape index (κ3) is 6.29. The van der Waals surface area contributed by atoms with Gasteiger partial charge in [-0.25, -0.2) is 0 Å². The van der Waals surface area contributed by atoms with Gasteiger partial charge < -0.3 is 0 Å². The Morgan fingerprint density at radius 3 is 1.41 bits per heavy atom. The molecule has 1 heterocycles. The number of nitro benzene ring substituents is 2. The second-order valence-corrected chi connectivity index (χ2v) is 11.8. The Balaban J connectivity index is 1.61. The number of benzene rings is 2. The Morgan fingerprint density at radius 2 is 1.09 bits per heavy atom. The first-order chi connectivity index (χ1) is 15.2. The normalized spacial score (nSPS) is 10.6. The molecule has 0 radical (unpaired) electrons. The SMILES string of the molecule is O=C(CSc1sc(=S)sc1SCC(=O)c1ccc([N+](=O)[O-])cc1)c1ccc([N+](=O)[O-])cc1. The summed E-state index contributed by atoms with van der Waals surface area (Å²) < 4.78 is 2.33. The molecule has 2 aromatic carbocycles. The maximum atomic E-state index is 12.4. The van der Waals surface area contributed by atoms with E-state index in [4.69, 9.17) is 12.2 Å². The van der Waals surface area contributed by atoms with Crippen LogP contribution in [-0.4, -0.2) is 32.9 Å². The van der Waals surface area contributed by atoms with Crippen LogP contribution < -0.4 is 0 Å². The summed E-state index contributed by atoms with van der Waals surface area (Å²) in [6.45, 7) is 0. The number of rotatable bonds is 10. The number of hydrogen-bond acceptors (Lipinski definition) is 11. The average molecular weight is 525 g/mol. The zero-order valence-corrected chi connectivity index (χ0v) is 20.0. The number of non-ortho nitro benzene ring substituents is 2. The van der Waals surface area contributed by atoms with E-state index in [9.17, 15) is 29.8 Å². The lowest BCUT2D eigenvalue weighted by Gasteiger charge is -2.03. The molecule has 0 unspecified atom stereocenters. The number of carbonyl (C=O) groups is 2. The fourth-order valence-electron chi connectivity index (χ4n) is 2.40. The molecule has 8 nitrogen and oxygen atoms in total. The van der Waals surface area contributed by atoms with Crippen LogP contribution in [0.25, 0.3) is 0 Å². The quantitative estimate of drug-likeness (QED) is 0.0988. The first kappa shape index (κ1) is 24.2. The summed E-state index contributed by atoms with van der Waals surface area (Å²) in [6, 6.07) is 10.9. The van der Waals surface area contributed by atoms with Crippen molar-refractivity contribution in [2.75, 3.05) is 11.5 Å². The van der Waals surface area contributed by atoms with Gasteiger partial charge in [-0.05, 0) is 24.3 Å². The van der Waals surface area contributed by atoms with Gasteiger partial charge in [0, 0.05) is 35.4 Å². The van der Waals surface area contributed by atoms with Crippen molar-refractivity contribution in [1.29, 1.82) is 0 Å². The highest BCUT2D eigenvalue weighted by Gasteiger charge is 2.16. The first-order valence-electron chi connectivity index (χ1n) is 8.69. The van der Waals surface area contributed by atoms with E-state index in [1.807, 2.05) is 0 Å². The summed E-state index contributed by atoms with van der Waals surface area (Å²) in [5, 5.41) is 21.5. The van der Waals surface area contributed by atoms with E-state index >= 15 is 0 Å². The van der Waals surface area contributed by atoms with Crippen LogP contribution in [0, 0.1) is 23.4 Å². The lowest BCUT2D eigenvalue weighted by molar-refractivity contribution is -0.385. The molecule has 0 amide bonds. The van der Waals surface area contributed by atoms with Gasteiger partial charge in [-0.2, -0.15) is 0 Å². The minimum atomic E-state index is -0.525. The van der Waals surface area contributed by atoms with Crippen molar-refractivity contribution in [3.63, 3.8) is 0 Å². The number of carbonyl (C=O) groups excluding carboxylic acids is 2. The topological polar surface area (TPSA) is 120 Å².